The average Bonchev–Trinajstić information content (AvgIpc) is 3.34. The van der Waals surface area contributed by atoms with Gasteiger partial charge in [0.15, 0.2) is 0 Å². The number of carbonyl (C=O) groups is 3. The van der Waals surface area contributed by atoms with Gasteiger partial charge in [0.2, 0.25) is 5.91 Å². The SMILES string of the molecule is Cc1ccc(-n2ncc(C(=O)NCCN3C(=O)CNC3=O)c2C2CC2)cc1Cl. The molecule has 4 rings (SSSR count). The van der Waals surface area contributed by atoms with E-state index in [-0.39, 0.29) is 37.4 Å². The molecule has 1 saturated heterocycles. The van der Waals surface area contributed by atoms with Crippen LogP contribution >= 0.6 is 11.6 Å². The van der Waals surface area contributed by atoms with E-state index in [0.717, 1.165) is 34.7 Å². The molecule has 8 nitrogen and oxygen atoms in total. The molecule has 1 aliphatic heterocycles. The normalized spacial score (nSPS) is 16.4. The zero-order valence-corrected chi connectivity index (χ0v) is 16.1. The van der Waals surface area contributed by atoms with Gasteiger partial charge >= 0.3 is 6.03 Å². The van der Waals surface area contributed by atoms with Gasteiger partial charge in [-0.3, -0.25) is 14.5 Å². The Hall–Kier alpha value is -2.87. The number of imide groups is 1. The summed E-state index contributed by atoms with van der Waals surface area (Å²) >= 11 is 6.25. The number of urea groups is 1. The Morgan fingerprint density at radius 2 is 2.14 bits per heavy atom. The Balaban J connectivity index is 1.50. The second-order valence-corrected chi connectivity index (χ2v) is 7.43. The number of aryl methyl sites for hydroxylation is 1. The highest BCUT2D eigenvalue weighted by molar-refractivity contribution is 6.31. The van der Waals surface area contributed by atoms with Crippen LogP contribution in [0.4, 0.5) is 4.79 Å². The van der Waals surface area contributed by atoms with Crippen molar-refractivity contribution >= 4 is 29.4 Å². The van der Waals surface area contributed by atoms with Crippen molar-refractivity contribution < 1.29 is 14.4 Å². The van der Waals surface area contributed by atoms with E-state index in [4.69, 9.17) is 11.6 Å². The predicted octanol–water partition coefficient (Wildman–Crippen LogP) is 1.99. The molecule has 2 heterocycles. The summed E-state index contributed by atoms with van der Waals surface area (Å²) in [5, 5.41) is 10.3. The van der Waals surface area contributed by atoms with Crippen LogP contribution in [0.5, 0.6) is 0 Å². The molecule has 0 atom stereocenters. The van der Waals surface area contributed by atoms with Gasteiger partial charge in [-0.1, -0.05) is 17.7 Å². The molecule has 0 bridgehead atoms. The standard InChI is InChI=1S/C19H20ClN5O3/c1-11-2-5-13(8-15(11)20)25-17(12-3-4-12)14(9-23-25)18(27)21-6-7-24-16(26)10-22-19(24)28/h2,5,8-9,12H,3-4,6-7,10H2,1H3,(H,21,27)(H,22,28). The Morgan fingerprint density at radius 1 is 1.36 bits per heavy atom. The van der Waals surface area contributed by atoms with Gasteiger partial charge in [-0.25, -0.2) is 9.48 Å². The first-order valence-electron chi connectivity index (χ1n) is 9.16. The van der Waals surface area contributed by atoms with Crippen LogP contribution < -0.4 is 10.6 Å². The van der Waals surface area contributed by atoms with Gasteiger partial charge < -0.3 is 10.6 Å². The number of nitrogens with one attached hydrogen (secondary N) is 2. The topological polar surface area (TPSA) is 96.3 Å². The van der Waals surface area contributed by atoms with E-state index in [1.807, 2.05) is 25.1 Å². The highest BCUT2D eigenvalue weighted by Crippen LogP contribution is 2.42. The van der Waals surface area contributed by atoms with E-state index < -0.39 is 6.03 Å². The maximum atomic E-state index is 12.7. The molecule has 2 aromatic rings. The molecule has 0 radical (unpaired) electrons. The number of amides is 4. The van der Waals surface area contributed by atoms with Crippen molar-refractivity contribution in [3.63, 3.8) is 0 Å². The average molecular weight is 402 g/mol. The summed E-state index contributed by atoms with van der Waals surface area (Å²) in [7, 11) is 0. The predicted molar refractivity (Wildman–Crippen MR) is 103 cm³/mol. The smallest absolute Gasteiger partial charge is 0.324 e. The van der Waals surface area contributed by atoms with E-state index in [0.29, 0.717) is 10.6 Å². The van der Waals surface area contributed by atoms with Crippen LogP contribution in [0.1, 0.15) is 40.4 Å². The van der Waals surface area contributed by atoms with Crippen molar-refractivity contribution in [1.29, 1.82) is 0 Å². The molecular formula is C19H20ClN5O3. The molecule has 28 heavy (non-hydrogen) atoms. The van der Waals surface area contributed by atoms with Crippen molar-refractivity contribution in [2.24, 2.45) is 0 Å². The number of aromatic nitrogens is 2. The van der Waals surface area contributed by atoms with Gasteiger partial charge in [-0.05, 0) is 37.5 Å². The minimum absolute atomic E-state index is 0.00445. The molecule has 2 fully saturated rings. The van der Waals surface area contributed by atoms with Gasteiger partial charge in [0, 0.05) is 24.0 Å². The fourth-order valence-corrected chi connectivity index (χ4v) is 3.43. The highest BCUT2D eigenvalue weighted by Gasteiger charge is 2.33. The first kappa shape index (κ1) is 18.5. The first-order valence-corrected chi connectivity index (χ1v) is 9.54. The maximum Gasteiger partial charge on any atom is 0.324 e. The Labute approximate surface area is 166 Å². The van der Waals surface area contributed by atoms with Crippen LogP contribution in [0.15, 0.2) is 24.4 Å². The van der Waals surface area contributed by atoms with Crippen molar-refractivity contribution in [1.82, 2.24) is 25.3 Å². The van der Waals surface area contributed by atoms with Crippen LogP contribution in [0.25, 0.3) is 5.69 Å². The highest BCUT2D eigenvalue weighted by atomic mass is 35.5. The third kappa shape index (κ3) is 3.47. The quantitative estimate of drug-likeness (QED) is 0.723. The number of halogens is 1. The number of rotatable bonds is 6. The molecule has 146 valence electrons. The number of carbonyl (C=O) groups excluding carboxylic acids is 3. The summed E-state index contributed by atoms with van der Waals surface area (Å²) in [6.45, 7) is 2.26. The molecule has 4 amide bonds. The molecule has 0 unspecified atom stereocenters. The molecule has 2 N–H and O–H groups in total. The van der Waals surface area contributed by atoms with Gasteiger partial charge in [-0.2, -0.15) is 5.10 Å². The summed E-state index contributed by atoms with van der Waals surface area (Å²) < 4.78 is 1.77. The lowest BCUT2D eigenvalue weighted by molar-refractivity contribution is -0.124. The minimum Gasteiger partial charge on any atom is -0.350 e. The molecule has 1 aromatic carbocycles. The van der Waals surface area contributed by atoms with Gasteiger partial charge in [0.1, 0.15) is 0 Å². The van der Waals surface area contributed by atoms with Crippen molar-refractivity contribution in [2.45, 2.75) is 25.7 Å². The lowest BCUT2D eigenvalue weighted by atomic mass is 10.1. The minimum atomic E-state index is -0.429. The third-order valence-corrected chi connectivity index (χ3v) is 5.38. The number of nitrogens with zero attached hydrogens (tertiary/aromatic N) is 3. The second kappa shape index (κ2) is 7.27. The Kier molecular flexibility index (Phi) is 4.80. The van der Waals surface area contributed by atoms with Crippen molar-refractivity contribution in [3.05, 3.63) is 46.2 Å². The fraction of sp³-hybridized carbons (Fsp3) is 0.368. The zero-order valence-electron chi connectivity index (χ0n) is 15.4. The lowest BCUT2D eigenvalue weighted by Crippen LogP contribution is -2.38. The largest absolute Gasteiger partial charge is 0.350 e. The number of hydrogen-bond donors (Lipinski definition) is 2. The van der Waals surface area contributed by atoms with Crippen LogP contribution in [0, 0.1) is 6.92 Å². The summed E-state index contributed by atoms with van der Waals surface area (Å²) in [6, 6.07) is 5.27. The van der Waals surface area contributed by atoms with Crippen LogP contribution in [-0.4, -0.2) is 52.2 Å². The Bertz CT molecular complexity index is 950. The second-order valence-electron chi connectivity index (χ2n) is 7.02. The van der Waals surface area contributed by atoms with Crippen LogP contribution in [0.2, 0.25) is 5.02 Å². The van der Waals surface area contributed by atoms with Crippen LogP contribution in [0.3, 0.4) is 0 Å². The summed E-state index contributed by atoms with van der Waals surface area (Å²) in [6.07, 6.45) is 3.58. The van der Waals surface area contributed by atoms with Crippen molar-refractivity contribution in [3.8, 4) is 5.69 Å². The molecule has 1 saturated carbocycles. The maximum absolute atomic E-state index is 12.7. The first-order chi connectivity index (χ1) is 13.5. The lowest BCUT2D eigenvalue weighted by Gasteiger charge is -2.13. The molecule has 1 aromatic heterocycles. The van der Waals surface area contributed by atoms with E-state index in [1.54, 1.807) is 10.9 Å². The van der Waals surface area contributed by atoms with Gasteiger partial charge in [0.05, 0.1) is 29.7 Å². The zero-order chi connectivity index (χ0) is 19.8. The Morgan fingerprint density at radius 3 is 2.79 bits per heavy atom. The fourth-order valence-electron chi connectivity index (χ4n) is 3.26. The number of hydrogen-bond acceptors (Lipinski definition) is 4. The van der Waals surface area contributed by atoms with E-state index in [9.17, 15) is 14.4 Å². The summed E-state index contributed by atoms with van der Waals surface area (Å²) in [5.41, 5.74) is 3.17. The van der Waals surface area contributed by atoms with Gasteiger partial charge in [0.25, 0.3) is 5.91 Å². The summed E-state index contributed by atoms with van der Waals surface area (Å²) in [5.74, 6) is -0.269. The van der Waals surface area contributed by atoms with Gasteiger partial charge in [-0.15, -0.1) is 0 Å². The molecule has 1 aliphatic carbocycles. The molecular weight excluding hydrogens is 382 g/mol. The monoisotopic (exact) mass is 401 g/mol. The van der Waals surface area contributed by atoms with E-state index in [1.165, 1.54) is 0 Å². The van der Waals surface area contributed by atoms with Crippen LogP contribution in [-0.2, 0) is 4.79 Å². The third-order valence-electron chi connectivity index (χ3n) is 4.97. The van der Waals surface area contributed by atoms with Crippen molar-refractivity contribution in [2.75, 3.05) is 19.6 Å². The summed E-state index contributed by atoms with van der Waals surface area (Å²) in [4.78, 5) is 37.0. The van der Waals surface area contributed by atoms with E-state index >= 15 is 0 Å². The molecule has 9 heteroatoms. The molecule has 0 spiro atoms. The van der Waals surface area contributed by atoms with E-state index in [2.05, 4.69) is 15.7 Å². The number of benzene rings is 1. The molecule has 2 aliphatic rings.